The molecule has 2 aliphatic rings. The molecule has 0 radical (unpaired) electrons. The zero-order valence-corrected chi connectivity index (χ0v) is 17.6. The fourth-order valence-corrected chi connectivity index (χ4v) is 5.58. The Bertz CT molecular complexity index is 793. The summed E-state index contributed by atoms with van der Waals surface area (Å²) < 4.78 is 0. The van der Waals surface area contributed by atoms with Crippen molar-refractivity contribution in [3.63, 3.8) is 0 Å². The molecule has 2 aliphatic heterocycles. The number of amides is 2. The smallest absolute Gasteiger partial charge is 0.270 e. The van der Waals surface area contributed by atoms with E-state index in [2.05, 4.69) is 0 Å². The van der Waals surface area contributed by atoms with Crippen molar-refractivity contribution >= 4 is 40.9 Å². The van der Waals surface area contributed by atoms with E-state index in [0.29, 0.717) is 25.4 Å². The highest BCUT2D eigenvalue weighted by molar-refractivity contribution is 8.00. The van der Waals surface area contributed by atoms with E-state index in [0.717, 1.165) is 25.1 Å². The molecule has 2 heterocycles. The van der Waals surface area contributed by atoms with Gasteiger partial charge in [-0.1, -0.05) is 25.4 Å². The van der Waals surface area contributed by atoms with Crippen LogP contribution in [0.3, 0.4) is 0 Å². The number of hydrogen-bond acceptors (Lipinski definition) is 5. The second-order valence-corrected chi connectivity index (χ2v) is 9.52. The van der Waals surface area contributed by atoms with Gasteiger partial charge in [-0.05, 0) is 24.8 Å². The lowest BCUT2D eigenvalue weighted by atomic mass is 9.99. The number of non-ortho nitro benzene ring substituents is 1. The minimum atomic E-state index is -0.537. The Morgan fingerprint density at radius 2 is 1.96 bits per heavy atom. The van der Waals surface area contributed by atoms with Crippen LogP contribution in [0, 0.1) is 16.0 Å². The van der Waals surface area contributed by atoms with Crippen LogP contribution in [0.1, 0.15) is 43.5 Å². The second-order valence-electron chi connectivity index (χ2n) is 7.65. The van der Waals surface area contributed by atoms with Crippen LogP contribution in [0.25, 0.3) is 0 Å². The summed E-state index contributed by atoms with van der Waals surface area (Å²) in [6.45, 7) is 5.92. The molecule has 3 rings (SSSR count). The molecule has 0 atom stereocenters. The van der Waals surface area contributed by atoms with Crippen LogP contribution in [0.2, 0.25) is 5.02 Å². The van der Waals surface area contributed by atoms with Gasteiger partial charge in [0.05, 0.1) is 20.4 Å². The number of likely N-dealkylation sites (tertiary alicyclic amines) is 1. The molecule has 0 bridgehead atoms. The van der Waals surface area contributed by atoms with Crippen molar-refractivity contribution in [1.82, 2.24) is 9.80 Å². The number of nitro benzene ring substituents is 1. The Balaban J connectivity index is 1.69. The van der Waals surface area contributed by atoms with Crippen LogP contribution in [-0.4, -0.2) is 56.8 Å². The molecule has 0 N–H and O–H groups in total. The predicted molar refractivity (Wildman–Crippen MR) is 110 cm³/mol. The number of thioether (sulfide) groups is 1. The topological polar surface area (TPSA) is 83.8 Å². The second kappa shape index (κ2) is 8.29. The minimum absolute atomic E-state index is 0.0865. The van der Waals surface area contributed by atoms with E-state index in [1.807, 2.05) is 30.5 Å². The molecule has 0 unspecified atom stereocenters. The molecule has 9 heteroatoms. The third-order valence-corrected chi connectivity index (χ3v) is 7.15. The fourth-order valence-electron chi connectivity index (χ4n) is 3.85. The third kappa shape index (κ3) is 4.12. The Morgan fingerprint density at radius 3 is 2.54 bits per heavy atom. The van der Waals surface area contributed by atoms with Crippen molar-refractivity contribution in [2.45, 2.75) is 38.0 Å². The summed E-state index contributed by atoms with van der Waals surface area (Å²) in [6, 6.07) is 3.92. The maximum atomic E-state index is 12.9. The summed E-state index contributed by atoms with van der Waals surface area (Å²) in [4.78, 5) is 39.3. The van der Waals surface area contributed by atoms with Gasteiger partial charge in [0.15, 0.2) is 0 Å². The number of carbonyl (C=O) groups is 2. The molecule has 2 amide bonds. The summed E-state index contributed by atoms with van der Waals surface area (Å²) in [5.41, 5.74) is 0.135. The van der Waals surface area contributed by atoms with Crippen LogP contribution < -0.4 is 0 Å². The molecule has 0 aliphatic carbocycles. The van der Waals surface area contributed by atoms with Crippen molar-refractivity contribution < 1.29 is 14.5 Å². The highest BCUT2D eigenvalue weighted by atomic mass is 35.5. The number of carbonyl (C=O) groups excluding carboxylic acids is 2. The number of rotatable bonds is 4. The van der Waals surface area contributed by atoms with E-state index in [9.17, 15) is 19.7 Å². The summed E-state index contributed by atoms with van der Waals surface area (Å²) >= 11 is 7.93. The number of halogens is 1. The molecule has 2 saturated heterocycles. The van der Waals surface area contributed by atoms with Gasteiger partial charge in [-0.3, -0.25) is 19.7 Å². The number of nitro groups is 1. The Kier molecular flexibility index (Phi) is 6.19. The number of benzene rings is 1. The molecule has 1 aromatic carbocycles. The standard InChI is InChI=1S/C19H24ClN3O4S/c1-13(2)11-17(24)22-9-10-28-19(22)5-7-21(8-6-19)18(25)15-4-3-14(23(26)27)12-16(15)20/h3-4,12-13H,5-11H2,1-2H3. The van der Waals surface area contributed by atoms with Crippen LogP contribution in [0.4, 0.5) is 5.69 Å². The van der Waals surface area contributed by atoms with Crippen LogP contribution >= 0.6 is 23.4 Å². The summed E-state index contributed by atoms with van der Waals surface area (Å²) in [7, 11) is 0. The van der Waals surface area contributed by atoms with E-state index >= 15 is 0 Å². The lowest BCUT2D eigenvalue weighted by molar-refractivity contribution is -0.384. The van der Waals surface area contributed by atoms with E-state index in [1.54, 1.807) is 4.90 Å². The number of nitrogens with zero attached hydrogens (tertiary/aromatic N) is 3. The molecule has 2 fully saturated rings. The van der Waals surface area contributed by atoms with Crippen LogP contribution in [0.5, 0.6) is 0 Å². The maximum absolute atomic E-state index is 12.9. The van der Waals surface area contributed by atoms with Crippen molar-refractivity contribution in [2.75, 3.05) is 25.4 Å². The number of piperidine rings is 1. The molecule has 1 spiro atoms. The van der Waals surface area contributed by atoms with E-state index in [4.69, 9.17) is 11.6 Å². The molecule has 7 nitrogen and oxygen atoms in total. The summed E-state index contributed by atoms with van der Waals surface area (Å²) in [6.07, 6.45) is 1.99. The Labute approximate surface area is 173 Å². The van der Waals surface area contributed by atoms with Crippen molar-refractivity contribution in [2.24, 2.45) is 5.92 Å². The quantitative estimate of drug-likeness (QED) is 0.541. The monoisotopic (exact) mass is 425 g/mol. The van der Waals surface area contributed by atoms with Gasteiger partial charge < -0.3 is 9.80 Å². The van der Waals surface area contributed by atoms with Gasteiger partial charge in [0.1, 0.15) is 0 Å². The van der Waals surface area contributed by atoms with Crippen molar-refractivity contribution in [1.29, 1.82) is 0 Å². The molecule has 0 aromatic heterocycles. The van der Waals surface area contributed by atoms with E-state index < -0.39 is 4.92 Å². The molecular formula is C19H24ClN3O4S. The summed E-state index contributed by atoms with van der Waals surface area (Å²) in [5, 5.41) is 10.9. The first kappa shape index (κ1) is 20.9. The first-order chi connectivity index (χ1) is 13.2. The van der Waals surface area contributed by atoms with Crippen LogP contribution in [0.15, 0.2) is 18.2 Å². The molecular weight excluding hydrogens is 402 g/mol. The van der Waals surface area contributed by atoms with Gasteiger partial charge in [-0.2, -0.15) is 0 Å². The first-order valence-electron chi connectivity index (χ1n) is 9.41. The lowest BCUT2D eigenvalue weighted by Gasteiger charge is -2.44. The van der Waals surface area contributed by atoms with Gasteiger partial charge in [-0.25, -0.2) is 0 Å². The largest absolute Gasteiger partial charge is 0.338 e. The van der Waals surface area contributed by atoms with E-state index in [1.165, 1.54) is 18.2 Å². The van der Waals surface area contributed by atoms with Crippen LogP contribution in [-0.2, 0) is 4.79 Å². The third-order valence-electron chi connectivity index (χ3n) is 5.29. The average Bonchev–Trinajstić information content (AvgIpc) is 3.04. The van der Waals surface area contributed by atoms with Gasteiger partial charge in [0, 0.05) is 43.9 Å². The zero-order valence-electron chi connectivity index (χ0n) is 16.0. The Hall–Kier alpha value is -1.80. The van der Waals surface area contributed by atoms with Gasteiger partial charge in [-0.15, -0.1) is 11.8 Å². The molecule has 28 heavy (non-hydrogen) atoms. The predicted octanol–water partition coefficient (Wildman–Crippen LogP) is 3.80. The van der Waals surface area contributed by atoms with Gasteiger partial charge in [0.2, 0.25) is 5.91 Å². The molecule has 1 aromatic rings. The zero-order chi connectivity index (χ0) is 20.5. The normalized spacial score (nSPS) is 18.7. The lowest BCUT2D eigenvalue weighted by Crippen LogP contribution is -2.53. The first-order valence-corrected chi connectivity index (χ1v) is 10.8. The van der Waals surface area contributed by atoms with Crippen molar-refractivity contribution in [3.8, 4) is 0 Å². The summed E-state index contributed by atoms with van der Waals surface area (Å²) in [5.74, 6) is 1.21. The van der Waals surface area contributed by atoms with Gasteiger partial charge >= 0.3 is 0 Å². The number of hydrogen-bond donors (Lipinski definition) is 0. The molecule has 0 saturated carbocycles. The SMILES string of the molecule is CC(C)CC(=O)N1CCSC12CCN(C(=O)c1ccc([N+](=O)[O-])cc1Cl)CC2. The van der Waals surface area contributed by atoms with E-state index in [-0.39, 0.29) is 33.0 Å². The Morgan fingerprint density at radius 1 is 1.29 bits per heavy atom. The minimum Gasteiger partial charge on any atom is -0.338 e. The highest BCUT2D eigenvalue weighted by Gasteiger charge is 2.46. The highest BCUT2D eigenvalue weighted by Crippen LogP contribution is 2.44. The maximum Gasteiger partial charge on any atom is 0.270 e. The molecule has 152 valence electrons. The fraction of sp³-hybridized carbons (Fsp3) is 0.579. The average molecular weight is 426 g/mol. The van der Waals surface area contributed by atoms with Crippen molar-refractivity contribution in [3.05, 3.63) is 38.9 Å². The van der Waals surface area contributed by atoms with Gasteiger partial charge in [0.25, 0.3) is 11.6 Å².